The van der Waals surface area contributed by atoms with Crippen LogP contribution in [0.2, 0.25) is 0 Å². The lowest BCUT2D eigenvalue weighted by Gasteiger charge is -2.05. The Morgan fingerprint density at radius 1 is 1.36 bits per heavy atom. The van der Waals surface area contributed by atoms with Gasteiger partial charge in [0.1, 0.15) is 5.82 Å². The van der Waals surface area contributed by atoms with Crippen LogP contribution in [-0.2, 0) is 12.8 Å². The fraction of sp³-hybridized carbons (Fsp3) is 0.778. The van der Waals surface area contributed by atoms with Crippen LogP contribution in [0.4, 0.5) is 0 Å². The lowest BCUT2D eigenvalue weighted by atomic mass is 10.3. The summed E-state index contributed by atoms with van der Waals surface area (Å²) in [5.41, 5.74) is 5.41. The number of aromatic nitrogens is 3. The minimum atomic E-state index is 0.702. The van der Waals surface area contributed by atoms with Gasteiger partial charge in [0.2, 0.25) is 0 Å². The molecule has 0 aliphatic heterocycles. The van der Waals surface area contributed by atoms with Crippen LogP contribution in [0.3, 0.4) is 0 Å². The van der Waals surface area contributed by atoms with Crippen molar-refractivity contribution < 1.29 is 0 Å². The van der Waals surface area contributed by atoms with Gasteiger partial charge in [0.15, 0.2) is 5.82 Å². The van der Waals surface area contributed by atoms with Gasteiger partial charge in [-0.25, -0.2) is 4.98 Å². The molecule has 1 rings (SSSR count). The van der Waals surface area contributed by atoms with Gasteiger partial charge < -0.3 is 10.6 Å². The molecule has 0 atom stereocenters. The van der Waals surface area contributed by atoms with Crippen molar-refractivity contribution >= 4 is 0 Å². The lowest BCUT2D eigenvalue weighted by Crippen LogP contribution is -2.15. The van der Waals surface area contributed by atoms with Crippen LogP contribution in [0.1, 0.15) is 18.1 Å². The van der Waals surface area contributed by atoms with Crippen molar-refractivity contribution in [3.05, 3.63) is 11.6 Å². The fourth-order valence-corrected chi connectivity index (χ4v) is 1.15. The molecule has 0 aliphatic carbocycles. The van der Waals surface area contributed by atoms with Gasteiger partial charge in [0, 0.05) is 19.4 Å². The number of aromatic amines is 1. The van der Waals surface area contributed by atoms with Crippen molar-refractivity contribution in [3.8, 4) is 0 Å². The third-order valence-electron chi connectivity index (χ3n) is 1.98. The van der Waals surface area contributed by atoms with Crippen LogP contribution in [0.5, 0.6) is 0 Å². The first-order chi connectivity index (χ1) is 6.72. The molecule has 80 valence electrons. The summed E-state index contributed by atoms with van der Waals surface area (Å²) >= 11 is 0. The van der Waals surface area contributed by atoms with E-state index < -0.39 is 0 Å². The van der Waals surface area contributed by atoms with Gasteiger partial charge >= 0.3 is 0 Å². The van der Waals surface area contributed by atoms with E-state index in [9.17, 15) is 0 Å². The van der Waals surface area contributed by atoms with Crippen LogP contribution in [0.15, 0.2) is 0 Å². The topological polar surface area (TPSA) is 70.8 Å². The number of nitrogens with one attached hydrogen (secondary N) is 1. The molecule has 1 heterocycles. The van der Waals surface area contributed by atoms with E-state index in [1.165, 1.54) is 0 Å². The van der Waals surface area contributed by atoms with Gasteiger partial charge in [0.05, 0.1) is 0 Å². The molecule has 0 radical (unpaired) electrons. The zero-order valence-electron chi connectivity index (χ0n) is 8.95. The largest absolute Gasteiger partial charge is 0.330 e. The molecular weight excluding hydrogens is 178 g/mol. The quantitative estimate of drug-likeness (QED) is 0.662. The molecule has 0 spiro atoms. The number of nitrogens with two attached hydrogens (primary N) is 1. The summed E-state index contributed by atoms with van der Waals surface area (Å²) in [6.45, 7) is 1.68. The van der Waals surface area contributed by atoms with Crippen LogP contribution >= 0.6 is 0 Å². The van der Waals surface area contributed by atoms with Crippen LogP contribution in [-0.4, -0.2) is 47.3 Å². The number of aryl methyl sites for hydroxylation is 1. The zero-order valence-corrected chi connectivity index (χ0v) is 8.95. The molecule has 0 aliphatic rings. The SMILES string of the molecule is CN(C)CCc1n[nH]c(CCCN)n1. The summed E-state index contributed by atoms with van der Waals surface area (Å²) in [5.74, 6) is 1.84. The van der Waals surface area contributed by atoms with Crippen LogP contribution in [0, 0.1) is 0 Å². The van der Waals surface area contributed by atoms with E-state index >= 15 is 0 Å². The summed E-state index contributed by atoms with van der Waals surface area (Å²) in [6, 6.07) is 0. The number of nitrogens with zero attached hydrogens (tertiary/aromatic N) is 3. The first-order valence-corrected chi connectivity index (χ1v) is 4.97. The van der Waals surface area contributed by atoms with Gasteiger partial charge in [0.25, 0.3) is 0 Å². The third kappa shape index (κ3) is 3.85. The van der Waals surface area contributed by atoms with E-state index in [0.29, 0.717) is 6.54 Å². The zero-order chi connectivity index (χ0) is 10.4. The maximum Gasteiger partial charge on any atom is 0.151 e. The highest BCUT2D eigenvalue weighted by atomic mass is 15.2. The minimum absolute atomic E-state index is 0.702. The second-order valence-electron chi connectivity index (χ2n) is 3.64. The van der Waals surface area contributed by atoms with E-state index in [0.717, 1.165) is 37.5 Å². The van der Waals surface area contributed by atoms with Crippen LogP contribution < -0.4 is 5.73 Å². The molecule has 0 bridgehead atoms. The number of hydrogen-bond donors (Lipinski definition) is 2. The standard InChI is InChI=1S/C9H19N5/c1-14(2)7-5-9-11-8(12-13-9)4-3-6-10/h3-7,10H2,1-2H3,(H,11,12,13). The van der Waals surface area contributed by atoms with E-state index in [-0.39, 0.29) is 0 Å². The number of hydrogen-bond acceptors (Lipinski definition) is 4. The molecule has 14 heavy (non-hydrogen) atoms. The summed E-state index contributed by atoms with van der Waals surface area (Å²) in [7, 11) is 4.09. The number of rotatable bonds is 6. The third-order valence-corrected chi connectivity index (χ3v) is 1.98. The van der Waals surface area contributed by atoms with Crippen molar-refractivity contribution in [2.75, 3.05) is 27.2 Å². The summed E-state index contributed by atoms with van der Waals surface area (Å²) in [4.78, 5) is 6.49. The molecule has 0 saturated carbocycles. The molecule has 0 unspecified atom stereocenters. The summed E-state index contributed by atoms with van der Waals surface area (Å²) in [6.07, 6.45) is 2.75. The molecule has 3 N–H and O–H groups in total. The molecule has 0 amide bonds. The highest BCUT2D eigenvalue weighted by molar-refractivity contribution is 4.91. The predicted octanol–water partition coefficient (Wildman–Crippen LogP) is -0.200. The Morgan fingerprint density at radius 2 is 2.14 bits per heavy atom. The highest BCUT2D eigenvalue weighted by Gasteiger charge is 2.02. The minimum Gasteiger partial charge on any atom is -0.330 e. The summed E-state index contributed by atoms with van der Waals surface area (Å²) < 4.78 is 0. The van der Waals surface area contributed by atoms with Crippen LogP contribution in [0.25, 0.3) is 0 Å². The maximum absolute atomic E-state index is 5.41. The lowest BCUT2D eigenvalue weighted by molar-refractivity contribution is 0.409. The summed E-state index contributed by atoms with van der Waals surface area (Å²) in [5, 5.41) is 7.07. The van der Waals surface area contributed by atoms with Crippen molar-refractivity contribution in [2.24, 2.45) is 5.73 Å². The average Bonchev–Trinajstić information content (AvgIpc) is 2.59. The van der Waals surface area contributed by atoms with Crippen molar-refractivity contribution in [3.63, 3.8) is 0 Å². The maximum atomic E-state index is 5.41. The van der Waals surface area contributed by atoms with Gasteiger partial charge in [-0.1, -0.05) is 0 Å². The normalized spacial score (nSPS) is 11.1. The van der Waals surface area contributed by atoms with Gasteiger partial charge in [-0.3, -0.25) is 5.10 Å². The smallest absolute Gasteiger partial charge is 0.151 e. The molecule has 1 aromatic rings. The Morgan fingerprint density at radius 3 is 2.79 bits per heavy atom. The molecule has 0 aromatic carbocycles. The molecule has 0 saturated heterocycles. The first kappa shape index (κ1) is 11.1. The van der Waals surface area contributed by atoms with Crippen molar-refractivity contribution in [2.45, 2.75) is 19.3 Å². The Bertz CT molecular complexity index is 255. The molecule has 5 nitrogen and oxygen atoms in total. The van der Waals surface area contributed by atoms with E-state index in [4.69, 9.17) is 5.73 Å². The Kier molecular flexibility index (Phi) is 4.55. The van der Waals surface area contributed by atoms with Crippen molar-refractivity contribution in [1.29, 1.82) is 0 Å². The van der Waals surface area contributed by atoms with E-state index in [2.05, 4.69) is 20.1 Å². The van der Waals surface area contributed by atoms with Gasteiger partial charge in [-0.15, -0.1) is 0 Å². The Labute approximate surface area is 84.7 Å². The molecule has 5 heteroatoms. The first-order valence-electron chi connectivity index (χ1n) is 4.97. The fourth-order valence-electron chi connectivity index (χ4n) is 1.15. The molecule has 1 aromatic heterocycles. The Balaban J connectivity index is 2.35. The van der Waals surface area contributed by atoms with E-state index in [1.807, 2.05) is 14.1 Å². The number of H-pyrrole nitrogens is 1. The molecule has 0 fully saturated rings. The second kappa shape index (κ2) is 5.72. The van der Waals surface area contributed by atoms with Gasteiger partial charge in [-0.2, -0.15) is 5.10 Å². The Hall–Kier alpha value is -0.940. The highest BCUT2D eigenvalue weighted by Crippen LogP contribution is 1.97. The van der Waals surface area contributed by atoms with E-state index in [1.54, 1.807) is 0 Å². The predicted molar refractivity (Wildman–Crippen MR) is 56.0 cm³/mol. The average molecular weight is 197 g/mol. The number of likely N-dealkylation sites (N-methyl/N-ethyl adjacent to an activating group) is 1. The van der Waals surface area contributed by atoms with Crippen molar-refractivity contribution in [1.82, 2.24) is 20.1 Å². The molecular formula is C9H19N5. The van der Waals surface area contributed by atoms with Gasteiger partial charge in [-0.05, 0) is 27.1 Å². The monoisotopic (exact) mass is 197 g/mol. The second-order valence-corrected chi connectivity index (χ2v) is 3.64.